The second kappa shape index (κ2) is 8.34. The van der Waals surface area contributed by atoms with E-state index in [1.165, 1.54) is 12.1 Å². The van der Waals surface area contributed by atoms with E-state index >= 15 is 0 Å². The summed E-state index contributed by atoms with van der Waals surface area (Å²) in [4.78, 5) is 16.6. The van der Waals surface area contributed by atoms with E-state index in [0.29, 0.717) is 12.1 Å². The highest BCUT2D eigenvalue weighted by atomic mass is 19.4. The number of carbonyl (C=O) groups excluding carboxylic acids is 1. The minimum absolute atomic E-state index is 0.299. The van der Waals surface area contributed by atoms with E-state index in [1.54, 1.807) is 0 Å². The van der Waals surface area contributed by atoms with Crippen molar-refractivity contribution >= 4 is 5.91 Å². The Hall–Kier alpha value is -1.80. The second-order valence-electron chi connectivity index (χ2n) is 5.83. The highest BCUT2D eigenvalue weighted by Gasteiger charge is 2.31. The average molecular weight is 345 g/mol. The van der Waals surface area contributed by atoms with Crippen molar-refractivity contribution in [3.8, 4) is 5.75 Å². The molecule has 8 heteroatoms. The van der Waals surface area contributed by atoms with Gasteiger partial charge in [0.15, 0.2) is 0 Å². The minimum atomic E-state index is -4.73. The fourth-order valence-corrected chi connectivity index (χ4v) is 2.49. The number of amides is 1. The lowest BCUT2D eigenvalue weighted by molar-refractivity contribution is -0.274. The molecule has 0 aliphatic carbocycles. The molecule has 1 amide bonds. The van der Waals surface area contributed by atoms with Gasteiger partial charge in [0, 0.05) is 38.3 Å². The predicted molar refractivity (Wildman–Crippen MR) is 84.0 cm³/mol. The van der Waals surface area contributed by atoms with Gasteiger partial charge in [0.2, 0.25) is 0 Å². The first-order valence-electron chi connectivity index (χ1n) is 7.88. The molecule has 2 rings (SSSR count). The number of benzene rings is 1. The number of likely N-dealkylation sites (N-methyl/N-ethyl adjacent to an activating group) is 1. The summed E-state index contributed by atoms with van der Waals surface area (Å²) in [6.07, 6.45) is -3.89. The number of carbonyl (C=O) groups is 1. The average Bonchev–Trinajstić information content (AvgIpc) is 2.52. The molecule has 0 bridgehead atoms. The van der Waals surface area contributed by atoms with Crippen LogP contribution in [0.3, 0.4) is 0 Å². The van der Waals surface area contributed by atoms with Crippen LogP contribution in [0.25, 0.3) is 0 Å². The van der Waals surface area contributed by atoms with Crippen molar-refractivity contribution in [1.29, 1.82) is 0 Å². The van der Waals surface area contributed by atoms with Gasteiger partial charge in [-0.05, 0) is 44.3 Å². The van der Waals surface area contributed by atoms with Gasteiger partial charge in [0.1, 0.15) is 5.75 Å². The lowest BCUT2D eigenvalue weighted by Gasteiger charge is -2.32. The number of rotatable bonds is 6. The van der Waals surface area contributed by atoms with Crippen molar-refractivity contribution < 1.29 is 22.7 Å². The van der Waals surface area contributed by atoms with Gasteiger partial charge in [-0.3, -0.25) is 4.79 Å². The van der Waals surface area contributed by atoms with Crippen molar-refractivity contribution in [2.45, 2.75) is 12.8 Å². The Morgan fingerprint density at radius 2 is 1.79 bits per heavy atom. The molecule has 0 aromatic heterocycles. The van der Waals surface area contributed by atoms with E-state index in [9.17, 15) is 18.0 Å². The monoisotopic (exact) mass is 345 g/mol. The largest absolute Gasteiger partial charge is 0.573 e. The minimum Gasteiger partial charge on any atom is -0.406 e. The molecule has 0 radical (unpaired) electrons. The Labute approximate surface area is 139 Å². The molecule has 1 aromatic carbocycles. The van der Waals surface area contributed by atoms with Crippen molar-refractivity contribution in [3.63, 3.8) is 0 Å². The summed E-state index contributed by atoms with van der Waals surface area (Å²) in [6.45, 7) is 5.63. The molecule has 1 fully saturated rings. The molecule has 1 saturated heterocycles. The first-order valence-corrected chi connectivity index (χ1v) is 7.88. The van der Waals surface area contributed by atoms with Crippen LogP contribution in [0.1, 0.15) is 16.8 Å². The van der Waals surface area contributed by atoms with Crippen LogP contribution in [0.2, 0.25) is 0 Å². The fraction of sp³-hybridized carbons (Fsp3) is 0.562. The van der Waals surface area contributed by atoms with Gasteiger partial charge >= 0.3 is 6.36 Å². The lowest BCUT2D eigenvalue weighted by atomic mass is 10.2. The maximum atomic E-state index is 12.1. The van der Waals surface area contributed by atoms with Crippen LogP contribution in [-0.2, 0) is 0 Å². The van der Waals surface area contributed by atoms with Gasteiger partial charge in [0.05, 0.1) is 0 Å². The smallest absolute Gasteiger partial charge is 0.406 e. The van der Waals surface area contributed by atoms with Crippen LogP contribution < -0.4 is 10.1 Å². The van der Waals surface area contributed by atoms with Crippen LogP contribution >= 0.6 is 0 Å². The lowest BCUT2D eigenvalue weighted by Crippen LogP contribution is -2.45. The molecule has 0 spiro atoms. The summed E-state index contributed by atoms with van der Waals surface area (Å²) < 4.78 is 40.0. The van der Waals surface area contributed by atoms with E-state index in [1.807, 2.05) is 0 Å². The molecule has 24 heavy (non-hydrogen) atoms. The van der Waals surface area contributed by atoms with E-state index in [2.05, 4.69) is 26.9 Å². The zero-order valence-electron chi connectivity index (χ0n) is 13.6. The number of hydrogen-bond donors (Lipinski definition) is 1. The van der Waals surface area contributed by atoms with E-state index in [0.717, 1.165) is 51.3 Å². The van der Waals surface area contributed by atoms with Gasteiger partial charge < -0.3 is 19.9 Å². The summed E-state index contributed by atoms with van der Waals surface area (Å²) in [5.41, 5.74) is 0.309. The molecule has 0 atom stereocenters. The molecular weight excluding hydrogens is 323 g/mol. The summed E-state index contributed by atoms with van der Waals surface area (Å²) in [6, 6.07) is 4.90. The van der Waals surface area contributed by atoms with Gasteiger partial charge in [-0.2, -0.15) is 0 Å². The van der Waals surface area contributed by atoms with E-state index < -0.39 is 6.36 Å². The quantitative estimate of drug-likeness (QED) is 0.801. The van der Waals surface area contributed by atoms with Crippen molar-refractivity contribution in [2.75, 3.05) is 46.3 Å². The van der Waals surface area contributed by atoms with Gasteiger partial charge in [-0.15, -0.1) is 13.2 Å². The second-order valence-corrected chi connectivity index (χ2v) is 5.83. The topological polar surface area (TPSA) is 44.8 Å². The Morgan fingerprint density at radius 1 is 1.17 bits per heavy atom. The normalized spacial score (nSPS) is 16.8. The summed E-state index contributed by atoms with van der Waals surface area (Å²) in [7, 11) is 2.10. The van der Waals surface area contributed by atoms with Crippen LogP contribution in [-0.4, -0.2) is 68.4 Å². The molecule has 0 unspecified atom stereocenters. The van der Waals surface area contributed by atoms with Crippen LogP contribution in [0.15, 0.2) is 24.3 Å². The van der Waals surface area contributed by atoms with Crippen molar-refractivity contribution in [3.05, 3.63) is 29.8 Å². The molecule has 1 aliphatic rings. The molecule has 1 aliphatic heterocycles. The predicted octanol–water partition coefficient (Wildman–Crippen LogP) is 1.95. The maximum Gasteiger partial charge on any atom is 0.573 e. The molecular formula is C16H22F3N3O2. The summed E-state index contributed by atoms with van der Waals surface area (Å²) >= 11 is 0. The van der Waals surface area contributed by atoms with E-state index in [4.69, 9.17) is 0 Å². The summed E-state index contributed by atoms with van der Waals surface area (Å²) in [5.74, 6) is -0.638. The van der Waals surface area contributed by atoms with Crippen molar-refractivity contribution in [1.82, 2.24) is 15.1 Å². The maximum absolute atomic E-state index is 12.1. The zero-order valence-corrected chi connectivity index (χ0v) is 13.6. The Kier molecular flexibility index (Phi) is 6.44. The number of hydrogen-bond acceptors (Lipinski definition) is 4. The third-order valence-electron chi connectivity index (χ3n) is 3.88. The third kappa shape index (κ3) is 6.37. The number of halogens is 3. The number of ether oxygens (including phenoxy) is 1. The molecule has 134 valence electrons. The zero-order chi connectivity index (χ0) is 17.6. The number of piperazine rings is 1. The van der Waals surface area contributed by atoms with Gasteiger partial charge in [-0.1, -0.05) is 0 Å². The van der Waals surface area contributed by atoms with Gasteiger partial charge in [-0.25, -0.2) is 0 Å². The molecule has 1 heterocycles. The molecule has 1 aromatic rings. The highest BCUT2D eigenvalue weighted by molar-refractivity contribution is 5.94. The number of nitrogens with zero attached hydrogens (tertiary/aromatic N) is 2. The number of alkyl halides is 3. The summed E-state index contributed by atoms with van der Waals surface area (Å²) in [5, 5.41) is 2.78. The third-order valence-corrected chi connectivity index (χ3v) is 3.88. The molecule has 5 nitrogen and oxygen atoms in total. The first-order chi connectivity index (χ1) is 11.3. The Balaban J connectivity index is 1.68. The Bertz CT molecular complexity index is 526. The Morgan fingerprint density at radius 3 is 2.38 bits per heavy atom. The molecule has 0 saturated carbocycles. The van der Waals surface area contributed by atoms with Gasteiger partial charge in [0.25, 0.3) is 5.91 Å². The standard InChI is InChI=1S/C16H22F3N3O2/c1-21-9-11-22(12-10-21)8-2-7-20-15(23)13-3-5-14(6-4-13)24-16(17,18)19/h3-6H,2,7-12H2,1H3,(H,20,23). The molecule has 1 N–H and O–H groups in total. The highest BCUT2D eigenvalue weighted by Crippen LogP contribution is 2.22. The first kappa shape index (κ1) is 18.5. The number of nitrogens with one attached hydrogen (secondary N) is 1. The van der Waals surface area contributed by atoms with E-state index in [-0.39, 0.29) is 11.7 Å². The SMILES string of the molecule is CN1CCN(CCCNC(=O)c2ccc(OC(F)(F)F)cc2)CC1. The van der Waals surface area contributed by atoms with Crippen molar-refractivity contribution in [2.24, 2.45) is 0 Å². The van der Waals surface area contributed by atoms with Crippen LogP contribution in [0, 0.1) is 0 Å². The van der Waals surface area contributed by atoms with Crippen LogP contribution in [0.5, 0.6) is 5.75 Å². The fourth-order valence-electron chi connectivity index (χ4n) is 2.49. The van der Waals surface area contributed by atoms with Crippen LogP contribution in [0.4, 0.5) is 13.2 Å².